The molecule has 1 rings (SSSR count). The van der Waals surface area contributed by atoms with Crippen LogP contribution in [0.4, 0.5) is 0 Å². The Kier molecular flexibility index (Phi) is 3.65. The van der Waals surface area contributed by atoms with Crippen molar-refractivity contribution in [3.05, 3.63) is 0 Å². The number of amides is 2. The maximum Gasteiger partial charge on any atom is 0.240 e. The van der Waals surface area contributed by atoms with E-state index >= 15 is 0 Å². The Hall–Kier alpha value is -1.14. The maximum absolute atomic E-state index is 11.4. The average Bonchev–Trinajstić information content (AvgIpc) is 2.15. The molecule has 1 aliphatic heterocycles. The zero-order valence-electron chi connectivity index (χ0n) is 9.17. The number of carbonyl (C=O) groups is 2. The largest absolute Gasteiger partial charge is 0.354 e. The molecule has 2 amide bonds. The molecule has 0 aromatic rings. The molecule has 1 saturated heterocycles. The van der Waals surface area contributed by atoms with E-state index in [1.54, 1.807) is 0 Å². The van der Waals surface area contributed by atoms with Crippen LogP contribution in [0.1, 0.15) is 13.8 Å². The number of hydrogen-bond acceptors (Lipinski definition) is 4. The number of nitrogens with two attached hydrogens (primary N) is 1. The van der Waals surface area contributed by atoms with Crippen molar-refractivity contribution in [1.82, 2.24) is 15.6 Å². The van der Waals surface area contributed by atoms with E-state index in [1.807, 2.05) is 18.7 Å². The number of carbonyl (C=O) groups excluding carboxylic acids is 2. The highest BCUT2D eigenvalue weighted by Gasteiger charge is 2.31. The molecule has 0 atom stereocenters. The topological polar surface area (TPSA) is 87.5 Å². The summed E-state index contributed by atoms with van der Waals surface area (Å²) in [6.07, 6.45) is 0. The normalized spacial score (nSPS) is 18.5. The molecule has 0 bridgehead atoms. The smallest absolute Gasteiger partial charge is 0.240 e. The van der Waals surface area contributed by atoms with Gasteiger partial charge < -0.3 is 5.32 Å². The summed E-state index contributed by atoms with van der Waals surface area (Å²) in [6, 6.07) is 0. The fourth-order valence-electron chi connectivity index (χ4n) is 1.65. The molecule has 0 radical (unpaired) electrons. The Morgan fingerprint density at radius 1 is 1.67 bits per heavy atom. The SMILES string of the molecule is CC(C)(CN1CCNC(=O)C1)C(=O)NN. The molecule has 0 saturated carbocycles. The van der Waals surface area contributed by atoms with Crippen LogP contribution in [0.15, 0.2) is 0 Å². The monoisotopic (exact) mass is 214 g/mol. The first-order valence-corrected chi connectivity index (χ1v) is 4.96. The molecule has 1 aliphatic rings. The third-order valence-corrected chi connectivity index (χ3v) is 2.48. The second kappa shape index (κ2) is 4.59. The summed E-state index contributed by atoms with van der Waals surface area (Å²) in [7, 11) is 0. The van der Waals surface area contributed by atoms with Gasteiger partial charge in [0.1, 0.15) is 0 Å². The van der Waals surface area contributed by atoms with Gasteiger partial charge >= 0.3 is 0 Å². The lowest BCUT2D eigenvalue weighted by Crippen LogP contribution is -2.53. The Morgan fingerprint density at radius 2 is 2.33 bits per heavy atom. The number of piperazine rings is 1. The van der Waals surface area contributed by atoms with Crippen LogP contribution in [-0.2, 0) is 9.59 Å². The predicted octanol–water partition coefficient (Wildman–Crippen LogP) is -1.57. The number of rotatable bonds is 3. The molecule has 15 heavy (non-hydrogen) atoms. The van der Waals surface area contributed by atoms with Crippen LogP contribution in [0.3, 0.4) is 0 Å². The highest BCUT2D eigenvalue weighted by atomic mass is 16.2. The van der Waals surface area contributed by atoms with Gasteiger partial charge in [-0.25, -0.2) is 5.84 Å². The van der Waals surface area contributed by atoms with Gasteiger partial charge in [-0.3, -0.25) is 19.9 Å². The standard InChI is InChI=1S/C9H18N4O2/c1-9(2,8(15)12-10)6-13-4-3-11-7(14)5-13/h3-6,10H2,1-2H3,(H,11,14)(H,12,15). The first-order chi connectivity index (χ1) is 6.95. The number of nitrogens with zero attached hydrogens (tertiary/aromatic N) is 1. The maximum atomic E-state index is 11.4. The molecule has 0 aromatic carbocycles. The van der Waals surface area contributed by atoms with E-state index in [9.17, 15) is 9.59 Å². The van der Waals surface area contributed by atoms with Gasteiger partial charge in [0.25, 0.3) is 0 Å². The van der Waals surface area contributed by atoms with Gasteiger partial charge in [-0.05, 0) is 13.8 Å². The van der Waals surface area contributed by atoms with Crippen molar-refractivity contribution < 1.29 is 9.59 Å². The summed E-state index contributed by atoms with van der Waals surface area (Å²) in [5, 5.41) is 2.74. The summed E-state index contributed by atoms with van der Waals surface area (Å²) in [5.74, 6) is 4.88. The molecular formula is C9H18N4O2. The van der Waals surface area contributed by atoms with Gasteiger partial charge in [-0.2, -0.15) is 0 Å². The van der Waals surface area contributed by atoms with Gasteiger partial charge in [0, 0.05) is 19.6 Å². The first-order valence-electron chi connectivity index (χ1n) is 4.96. The van der Waals surface area contributed by atoms with E-state index in [1.165, 1.54) is 0 Å². The van der Waals surface area contributed by atoms with Crippen LogP contribution in [-0.4, -0.2) is 42.9 Å². The van der Waals surface area contributed by atoms with E-state index in [0.717, 1.165) is 6.54 Å². The van der Waals surface area contributed by atoms with E-state index < -0.39 is 5.41 Å². The van der Waals surface area contributed by atoms with E-state index in [2.05, 4.69) is 10.7 Å². The molecule has 86 valence electrons. The Balaban J connectivity index is 2.52. The summed E-state index contributed by atoms with van der Waals surface area (Å²) >= 11 is 0. The summed E-state index contributed by atoms with van der Waals surface area (Å²) in [4.78, 5) is 24.5. The minimum atomic E-state index is -0.577. The zero-order chi connectivity index (χ0) is 11.5. The average molecular weight is 214 g/mol. The molecule has 0 aliphatic carbocycles. The Labute approximate surface area is 89.1 Å². The van der Waals surface area contributed by atoms with Crippen LogP contribution >= 0.6 is 0 Å². The summed E-state index contributed by atoms with van der Waals surface area (Å²) < 4.78 is 0. The summed E-state index contributed by atoms with van der Waals surface area (Å²) in [6.45, 7) is 5.90. The fraction of sp³-hybridized carbons (Fsp3) is 0.778. The second-order valence-electron chi connectivity index (χ2n) is 4.42. The van der Waals surface area contributed by atoms with E-state index in [0.29, 0.717) is 19.6 Å². The van der Waals surface area contributed by atoms with Crippen LogP contribution in [0.5, 0.6) is 0 Å². The van der Waals surface area contributed by atoms with Gasteiger partial charge in [-0.1, -0.05) is 0 Å². The minimum Gasteiger partial charge on any atom is -0.354 e. The lowest BCUT2D eigenvalue weighted by molar-refractivity contribution is -0.132. The van der Waals surface area contributed by atoms with Crippen LogP contribution in [0, 0.1) is 5.41 Å². The highest BCUT2D eigenvalue weighted by Crippen LogP contribution is 2.17. The third kappa shape index (κ3) is 3.17. The molecule has 0 unspecified atom stereocenters. The van der Waals surface area contributed by atoms with Gasteiger partial charge in [0.2, 0.25) is 11.8 Å². The zero-order valence-corrected chi connectivity index (χ0v) is 9.17. The van der Waals surface area contributed by atoms with E-state index in [-0.39, 0.29) is 11.8 Å². The van der Waals surface area contributed by atoms with Crippen molar-refractivity contribution >= 4 is 11.8 Å². The van der Waals surface area contributed by atoms with Crippen LogP contribution < -0.4 is 16.6 Å². The van der Waals surface area contributed by atoms with Crippen molar-refractivity contribution in [1.29, 1.82) is 0 Å². The fourth-order valence-corrected chi connectivity index (χ4v) is 1.65. The van der Waals surface area contributed by atoms with Crippen molar-refractivity contribution in [2.45, 2.75) is 13.8 Å². The quantitative estimate of drug-likeness (QED) is 0.301. The first kappa shape index (κ1) is 11.9. The van der Waals surface area contributed by atoms with E-state index in [4.69, 9.17) is 5.84 Å². The van der Waals surface area contributed by atoms with Gasteiger partial charge in [0.15, 0.2) is 0 Å². The second-order valence-corrected chi connectivity index (χ2v) is 4.42. The molecule has 0 aromatic heterocycles. The van der Waals surface area contributed by atoms with Crippen molar-refractivity contribution in [2.75, 3.05) is 26.2 Å². The highest BCUT2D eigenvalue weighted by molar-refractivity contribution is 5.82. The molecule has 6 nitrogen and oxygen atoms in total. The lowest BCUT2D eigenvalue weighted by atomic mass is 9.91. The molecular weight excluding hydrogens is 196 g/mol. The van der Waals surface area contributed by atoms with Crippen molar-refractivity contribution in [2.24, 2.45) is 11.3 Å². The number of hydrazine groups is 1. The van der Waals surface area contributed by atoms with Crippen molar-refractivity contribution in [3.63, 3.8) is 0 Å². The summed E-state index contributed by atoms with van der Waals surface area (Å²) in [5.41, 5.74) is 1.56. The number of nitrogens with one attached hydrogen (secondary N) is 2. The van der Waals surface area contributed by atoms with Gasteiger partial charge in [0.05, 0.1) is 12.0 Å². The lowest BCUT2D eigenvalue weighted by Gasteiger charge is -2.33. The Bertz CT molecular complexity index is 265. The third-order valence-electron chi connectivity index (χ3n) is 2.48. The predicted molar refractivity (Wildman–Crippen MR) is 55.6 cm³/mol. The van der Waals surface area contributed by atoms with Crippen molar-refractivity contribution in [3.8, 4) is 0 Å². The van der Waals surface area contributed by atoms with Gasteiger partial charge in [-0.15, -0.1) is 0 Å². The molecule has 1 fully saturated rings. The Morgan fingerprint density at radius 3 is 2.87 bits per heavy atom. The molecule has 6 heteroatoms. The van der Waals surface area contributed by atoms with Crippen LogP contribution in [0.2, 0.25) is 0 Å². The molecule has 0 spiro atoms. The number of hydrogen-bond donors (Lipinski definition) is 3. The molecule has 1 heterocycles. The molecule has 4 N–H and O–H groups in total. The van der Waals surface area contributed by atoms with Crippen LogP contribution in [0.25, 0.3) is 0 Å². The minimum absolute atomic E-state index is 0.00482.